The molecule has 10 nitrogen and oxygen atoms in total. The second-order valence-electron chi connectivity index (χ2n) is 12.0. The number of ether oxygens (including phenoxy) is 3. The summed E-state index contributed by atoms with van der Waals surface area (Å²) in [5, 5.41) is 0.191. The van der Waals surface area contributed by atoms with Crippen LogP contribution >= 0.6 is 11.6 Å². The van der Waals surface area contributed by atoms with Gasteiger partial charge in [0.15, 0.2) is 0 Å². The van der Waals surface area contributed by atoms with E-state index in [1.165, 1.54) is 12.1 Å². The van der Waals surface area contributed by atoms with E-state index in [-0.39, 0.29) is 35.9 Å². The van der Waals surface area contributed by atoms with Crippen molar-refractivity contribution in [2.75, 3.05) is 48.7 Å². The number of sulfonamides is 1. The molecule has 0 saturated carbocycles. The third kappa shape index (κ3) is 8.33. The highest BCUT2D eigenvalue weighted by Crippen LogP contribution is 2.42. The highest BCUT2D eigenvalue weighted by atomic mass is 35.5. The predicted molar refractivity (Wildman–Crippen MR) is 179 cm³/mol. The molecule has 3 aromatic rings. The van der Waals surface area contributed by atoms with Crippen molar-refractivity contribution >= 4 is 56.8 Å². The van der Waals surface area contributed by atoms with Gasteiger partial charge in [0.2, 0.25) is 6.79 Å². The second kappa shape index (κ2) is 14.9. The number of carbonyl (C=O) groups excluding carboxylic acids is 2. The van der Waals surface area contributed by atoms with Gasteiger partial charge in [-0.25, -0.2) is 17.6 Å². The van der Waals surface area contributed by atoms with Crippen molar-refractivity contribution in [1.29, 1.82) is 0 Å². The van der Waals surface area contributed by atoms with E-state index in [2.05, 4.69) is 0 Å². The second-order valence-corrected chi connectivity index (χ2v) is 14.3. The van der Waals surface area contributed by atoms with E-state index in [1.54, 1.807) is 56.0 Å². The zero-order valence-electron chi connectivity index (χ0n) is 27.2. The Morgan fingerprint density at radius 2 is 1.74 bits per heavy atom. The summed E-state index contributed by atoms with van der Waals surface area (Å²) in [6, 6.07) is 12.3. The summed E-state index contributed by atoms with van der Waals surface area (Å²) in [7, 11) is -4.55. The van der Waals surface area contributed by atoms with Gasteiger partial charge in [0.05, 0.1) is 52.1 Å². The molecule has 2 heterocycles. The fourth-order valence-electron chi connectivity index (χ4n) is 5.88. The lowest BCUT2D eigenvalue weighted by Gasteiger charge is -2.49. The molecule has 50 heavy (non-hydrogen) atoms. The van der Waals surface area contributed by atoms with Crippen LogP contribution in [0.3, 0.4) is 0 Å². The van der Waals surface area contributed by atoms with Gasteiger partial charge >= 0.3 is 18.3 Å². The molecule has 2 aliphatic heterocycles. The van der Waals surface area contributed by atoms with E-state index in [0.717, 1.165) is 22.5 Å². The third-order valence-corrected chi connectivity index (χ3v) is 10.2. The minimum atomic E-state index is -4.77. The molecule has 2 aliphatic rings. The minimum absolute atomic E-state index is 0.160. The van der Waals surface area contributed by atoms with E-state index in [9.17, 15) is 35.6 Å². The van der Waals surface area contributed by atoms with Crippen molar-refractivity contribution in [3.05, 3.63) is 88.2 Å². The van der Waals surface area contributed by atoms with Crippen LogP contribution in [0.25, 0.3) is 11.6 Å². The van der Waals surface area contributed by atoms with Crippen LogP contribution in [0.2, 0.25) is 5.02 Å². The molecule has 0 aromatic heterocycles. The van der Waals surface area contributed by atoms with Gasteiger partial charge in [-0.15, -0.1) is 0 Å². The van der Waals surface area contributed by atoms with Gasteiger partial charge in [-0.1, -0.05) is 35.9 Å². The summed E-state index contributed by atoms with van der Waals surface area (Å²) in [5.41, 5.74) is 0.765. The van der Waals surface area contributed by atoms with Crippen LogP contribution in [0, 0.1) is 5.82 Å². The summed E-state index contributed by atoms with van der Waals surface area (Å²) < 4.78 is 99.5. The summed E-state index contributed by atoms with van der Waals surface area (Å²) in [6.07, 6.45) is -4.54. The molecule has 1 fully saturated rings. The first kappa shape index (κ1) is 36.9. The van der Waals surface area contributed by atoms with Crippen molar-refractivity contribution in [2.45, 2.75) is 44.0 Å². The van der Waals surface area contributed by atoms with Crippen LogP contribution in [-0.2, 0) is 35.2 Å². The standard InChI is InChI=1S/C34H34ClF4N3O7S/c1-21(2)49-33(44)48-20-47-31(43)19-40-12-13-41-25(17-40)18-42(50(45,46)26-7-4-6-24(16-26)34(37,38)39)30-15-23(10-11-29(30)41)14-22(3)32-27(35)8-5-9-28(32)36/h4-11,14-16,21,25H,12-13,17-20H2,1-3H3/b22-14+/t25-/m0/s1. The van der Waals surface area contributed by atoms with Crippen LogP contribution in [0.4, 0.5) is 33.7 Å². The number of esters is 1. The van der Waals surface area contributed by atoms with Gasteiger partial charge in [-0.05, 0) is 74.4 Å². The normalized spacial score (nSPS) is 16.9. The number of alkyl halides is 3. The summed E-state index contributed by atoms with van der Waals surface area (Å²) in [5.74, 6) is -1.23. The van der Waals surface area contributed by atoms with Crippen LogP contribution in [0.15, 0.2) is 65.6 Å². The number of hydrogen-bond donors (Lipinski definition) is 0. The zero-order chi connectivity index (χ0) is 36.4. The molecule has 0 N–H and O–H groups in total. The Hall–Kier alpha value is -4.34. The summed E-state index contributed by atoms with van der Waals surface area (Å²) in [4.78, 5) is 27.2. The molecule has 0 spiro atoms. The quantitative estimate of drug-likeness (QED) is 0.101. The molecule has 0 aliphatic carbocycles. The topological polar surface area (TPSA) is 106 Å². The maximum Gasteiger partial charge on any atom is 0.511 e. The minimum Gasteiger partial charge on any atom is -0.431 e. The Kier molecular flexibility index (Phi) is 11.0. The van der Waals surface area contributed by atoms with E-state index >= 15 is 0 Å². The molecule has 5 rings (SSSR count). The summed E-state index contributed by atoms with van der Waals surface area (Å²) in [6.45, 7) is 4.87. The molecule has 16 heteroatoms. The molecule has 3 aromatic carbocycles. The number of allylic oxidation sites excluding steroid dienone is 1. The Morgan fingerprint density at radius 1 is 1.00 bits per heavy atom. The van der Waals surface area contributed by atoms with Gasteiger partial charge in [0, 0.05) is 25.2 Å². The third-order valence-electron chi connectivity index (χ3n) is 8.09. The van der Waals surface area contributed by atoms with Gasteiger partial charge in [-0.2, -0.15) is 13.2 Å². The molecule has 268 valence electrons. The lowest BCUT2D eigenvalue weighted by molar-refractivity contribution is -0.155. The van der Waals surface area contributed by atoms with E-state index in [0.29, 0.717) is 36.0 Å². The number of piperazine rings is 1. The lowest BCUT2D eigenvalue weighted by Crippen LogP contribution is -2.61. The average Bonchev–Trinajstić information content (AvgIpc) is 3.03. The molecular weight excluding hydrogens is 706 g/mol. The van der Waals surface area contributed by atoms with E-state index in [1.807, 2.05) is 4.90 Å². The molecule has 1 saturated heterocycles. The van der Waals surface area contributed by atoms with Gasteiger partial charge < -0.3 is 19.1 Å². The molecule has 0 unspecified atom stereocenters. The highest BCUT2D eigenvalue weighted by Gasteiger charge is 2.41. The first-order valence-electron chi connectivity index (χ1n) is 15.5. The Morgan fingerprint density at radius 3 is 2.44 bits per heavy atom. The monoisotopic (exact) mass is 739 g/mol. The Labute approximate surface area is 291 Å². The fraction of sp³-hybridized carbons (Fsp3) is 0.353. The van der Waals surface area contributed by atoms with Crippen LogP contribution in [-0.4, -0.2) is 77.1 Å². The average molecular weight is 740 g/mol. The van der Waals surface area contributed by atoms with Crippen molar-refractivity contribution in [2.24, 2.45) is 0 Å². The number of hydrogen-bond acceptors (Lipinski definition) is 9. The van der Waals surface area contributed by atoms with Crippen molar-refractivity contribution in [1.82, 2.24) is 4.90 Å². The largest absolute Gasteiger partial charge is 0.511 e. The lowest BCUT2D eigenvalue weighted by atomic mass is 10.0. The first-order chi connectivity index (χ1) is 23.5. The number of fused-ring (bicyclic) bond motifs is 3. The Bertz CT molecular complexity index is 1890. The van der Waals surface area contributed by atoms with Crippen molar-refractivity contribution in [3.63, 3.8) is 0 Å². The number of nitrogens with zero attached hydrogens (tertiary/aromatic N) is 3. The smallest absolute Gasteiger partial charge is 0.431 e. The SMILES string of the molecule is C/C(=C\c1ccc2c(c1)N(S(=O)(=O)c1cccc(C(F)(F)F)c1)C[C@@H]1CN(CC(=O)OCOC(=O)OC(C)C)CCN21)c1c(F)cccc1Cl. The molecular formula is C34H34ClF4N3O7S. The van der Waals surface area contributed by atoms with Crippen LogP contribution in [0.5, 0.6) is 0 Å². The van der Waals surface area contributed by atoms with E-state index in [4.69, 9.17) is 25.8 Å². The molecule has 0 amide bonds. The van der Waals surface area contributed by atoms with Gasteiger partial charge in [0.25, 0.3) is 10.0 Å². The summed E-state index contributed by atoms with van der Waals surface area (Å²) >= 11 is 6.26. The molecule has 0 radical (unpaired) electrons. The predicted octanol–water partition coefficient (Wildman–Crippen LogP) is 6.82. The number of anilines is 2. The number of carbonyl (C=O) groups is 2. The maximum absolute atomic E-state index is 14.7. The van der Waals surface area contributed by atoms with Crippen molar-refractivity contribution < 1.29 is 49.8 Å². The maximum atomic E-state index is 14.7. The fourth-order valence-corrected chi connectivity index (χ4v) is 7.75. The number of halogens is 5. The zero-order valence-corrected chi connectivity index (χ0v) is 28.8. The van der Waals surface area contributed by atoms with Gasteiger partial charge in [0.1, 0.15) is 5.82 Å². The first-order valence-corrected chi connectivity index (χ1v) is 17.3. The Balaban J connectivity index is 1.45. The van der Waals surface area contributed by atoms with Gasteiger partial charge in [-0.3, -0.25) is 14.0 Å². The number of benzene rings is 3. The van der Waals surface area contributed by atoms with E-state index < -0.39 is 63.5 Å². The van der Waals surface area contributed by atoms with Crippen LogP contribution < -0.4 is 9.21 Å². The highest BCUT2D eigenvalue weighted by molar-refractivity contribution is 7.92. The number of rotatable bonds is 9. The molecule has 1 atom stereocenters. The van der Waals surface area contributed by atoms with Crippen molar-refractivity contribution in [3.8, 4) is 0 Å². The molecule has 0 bridgehead atoms. The van der Waals surface area contributed by atoms with Crippen LogP contribution in [0.1, 0.15) is 37.5 Å².